The quantitative estimate of drug-likeness (QED) is 0.930. The second kappa shape index (κ2) is 5.57. The van der Waals surface area contributed by atoms with Crippen molar-refractivity contribution in [1.82, 2.24) is 9.78 Å². The molecule has 0 unspecified atom stereocenters. The van der Waals surface area contributed by atoms with Crippen LogP contribution in [0.2, 0.25) is 0 Å². The summed E-state index contributed by atoms with van der Waals surface area (Å²) in [6.07, 6.45) is 0. The highest BCUT2D eigenvalue weighted by Crippen LogP contribution is 2.30. The Bertz CT molecular complexity index is 599. The maximum absolute atomic E-state index is 6.27. The Morgan fingerprint density at radius 1 is 1.30 bits per heavy atom. The number of hydrogen-bond acceptors (Lipinski definition) is 3. The molecule has 0 radical (unpaired) electrons. The van der Waals surface area contributed by atoms with Gasteiger partial charge in [-0.1, -0.05) is 38.1 Å². The Hall–Kier alpha value is -1.97. The maximum Gasteiger partial charge on any atom is 0.150 e. The predicted molar refractivity (Wildman–Crippen MR) is 85.0 cm³/mol. The molecule has 4 nitrogen and oxygen atoms in total. The molecule has 1 heterocycles. The first-order valence-corrected chi connectivity index (χ1v) is 6.99. The second-order valence-corrected chi connectivity index (χ2v) is 5.68. The monoisotopic (exact) mass is 272 g/mol. The van der Waals surface area contributed by atoms with Gasteiger partial charge in [0.15, 0.2) is 0 Å². The van der Waals surface area contributed by atoms with Crippen molar-refractivity contribution < 1.29 is 0 Å². The minimum absolute atomic E-state index is 0.335. The number of hydrogen-bond donors (Lipinski definition) is 1. The van der Waals surface area contributed by atoms with Gasteiger partial charge in [-0.3, -0.25) is 4.68 Å². The summed E-state index contributed by atoms with van der Waals surface area (Å²) >= 11 is 0. The van der Waals surface area contributed by atoms with E-state index in [-0.39, 0.29) is 0 Å². The lowest BCUT2D eigenvalue weighted by Crippen LogP contribution is -2.21. The van der Waals surface area contributed by atoms with Gasteiger partial charge in [0.25, 0.3) is 0 Å². The minimum Gasteiger partial charge on any atom is -0.394 e. The van der Waals surface area contributed by atoms with E-state index < -0.39 is 0 Å². The van der Waals surface area contributed by atoms with E-state index >= 15 is 0 Å². The molecular formula is C16H24N4. The van der Waals surface area contributed by atoms with Crippen molar-refractivity contribution in [2.45, 2.75) is 33.2 Å². The Labute approximate surface area is 121 Å². The summed E-state index contributed by atoms with van der Waals surface area (Å²) in [6.45, 7) is 7.19. The van der Waals surface area contributed by atoms with Crippen molar-refractivity contribution in [1.29, 1.82) is 0 Å². The lowest BCUT2D eigenvalue weighted by molar-refractivity contribution is 0.698. The molecule has 108 valence electrons. The normalized spacial score (nSPS) is 11.1. The fourth-order valence-electron chi connectivity index (χ4n) is 2.55. The molecule has 2 rings (SSSR count). The molecule has 0 amide bonds. The van der Waals surface area contributed by atoms with Gasteiger partial charge in [0.2, 0.25) is 0 Å². The zero-order chi connectivity index (χ0) is 14.9. The SMILES string of the molecule is Cc1ccccc1CN(C)c1c(N)c(C(C)C)nn1C. The zero-order valence-electron chi connectivity index (χ0n) is 13.0. The van der Waals surface area contributed by atoms with Crippen molar-refractivity contribution in [3.8, 4) is 0 Å². The average Bonchev–Trinajstić information content (AvgIpc) is 2.68. The van der Waals surface area contributed by atoms with Crippen LogP contribution < -0.4 is 10.6 Å². The molecule has 2 N–H and O–H groups in total. The van der Waals surface area contributed by atoms with Crippen LogP contribution in [-0.2, 0) is 13.6 Å². The van der Waals surface area contributed by atoms with Gasteiger partial charge in [0.1, 0.15) is 5.82 Å². The molecular weight excluding hydrogens is 248 g/mol. The third-order valence-corrected chi connectivity index (χ3v) is 3.66. The molecule has 0 saturated heterocycles. The van der Waals surface area contributed by atoms with Gasteiger partial charge in [-0.05, 0) is 24.0 Å². The van der Waals surface area contributed by atoms with Crippen molar-refractivity contribution in [3.05, 3.63) is 41.1 Å². The molecule has 0 aliphatic rings. The van der Waals surface area contributed by atoms with Crippen molar-refractivity contribution in [2.75, 3.05) is 17.7 Å². The molecule has 1 aromatic carbocycles. The summed E-state index contributed by atoms with van der Waals surface area (Å²) in [6, 6.07) is 8.42. The molecule has 0 spiro atoms. The smallest absolute Gasteiger partial charge is 0.150 e. The molecule has 0 aliphatic heterocycles. The Morgan fingerprint density at radius 3 is 2.50 bits per heavy atom. The minimum atomic E-state index is 0.335. The first-order valence-electron chi connectivity index (χ1n) is 6.99. The topological polar surface area (TPSA) is 47.1 Å². The first kappa shape index (κ1) is 14.4. The van der Waals surface area contributed by atoms with Crippen molar-refractivity contribution in [3.63, 3.8) is 0 Å². The number of anilines is 2. The molecule has 2 aromatic rings. The van der Waals surface area contributed by atoms with E-state index in [1.54, 1.807) is 0 Å². The second-order valence-electron chi connectivity index (χ2n) is 5.68. The number of nitrogens with zero attached hydrogens (tertiary/aromatic N) is 3. The van der Waals surface area contributed by atoms with E-state index in [9.17, 15) is 0 Å². The van der Waals surface area contributed by atoms with Crippen LogP contribution in [-0.4, -0.2) is 16.8 Å². The van der Waals surface area contributed by atoms with Gasteiger partial charge in [-0.2, -0.15) is 5.10 Å². The van der Waals surface area contributed by atoms with E-state index in [2.05, 4.69) is 62.1 Å². The van der Waals surface area contributed by atoms with Crippen LogP contribution in [0.3, 0.4) is 0 Å². The summed E-state index contributed by atoms with van der Waals surface area (Å²) in [4.78, 5) is 2.16. The fourth-order valence-corrected chi connectivity index (χ4v) is 2.55. The van der Waals surface area contributed by atoms with Crippen molar-refractivity contribution in [2.24, 2.45) is 7.05 Å². The molecule has 0 aliphatic carbocycles. The standard InChI is InChI=1S/C16H24N4/c1-11(2)15-14(17)16(20(5)18-15)19(4)10-13-9-7-6-8-12(13)3/h6-9,11H,10,17H2,1-5H3. The van der Waals surface area contributed by atoms with Gasteiger partial charge in [-0.25, -0.2) is 0 Å². The Kier molecular flexibility index (Phi) is 4.02. The first-order chi connectivity index (χ1) is 9.41. The predicted octanol–water partition coefficient (Wildman–Crippen LogP) is 3.07. The molecule has 0 saturated carbocycles. The van der Waals surface area contributed by atoms with E-state index in [1.165, 1.54) is 11.1 Å². The Morgan fingerprint density at radius 2 is 1.95 bits per heavy atom. The van der Waals surface area contributed by atoms with E-state index in [1.807, 2.05) is 11.7 Å². The average molecular weight is 272 g/mol. The molecule has 1 aromatic heterocycles. The maximum atomic E-state index is 6.27. The van der Waals surface area contributed by atoms with Gasteiger partial charge < -0.3 is 10.6 Å². The van der Waals surface area contributed by atoms with E-state index in [0.29, 0.717) is 5.92 Å². The van der Waals surface area contributed by atoms with Gasteiger partial charge in [-0.15, -0.1) is 0 Å². The fraction of sp³-hybridized carbons (Fsp3) is 0.438. The summed E-state index contributed by atoms with van der Waals surface area (Å²) < 4.78 is 1.88. The summed E-state index contributed by atoms with van der Waals surface area (Å²) in [5.41, 5.74) is 10.6. The van der Waals surface area contributed by atoms with Crippen LogP contribution in [0.5, 0.6) is 0 Å². The number of aryl methyl sites for hydroxylation is 2. The van der Waals surface area contributed by atoms with E-state index in [4.69, 9.17) is 5.73 Å². The molecule has 20 heavy (non-hydrogen) atoms. The van der Waals surface area contributed by atoms with Gasteiger partial charge in [0.05, 0.1) is 11.4 Å². The Balaban J connectivity index is 2.30. The lowest BCUT2D eigenvalue weighted by Gasteiger charge is -2.21. The van der Waals surface area contributed by atoms with Crippen LogP contribution in [0.25, 0.3) is 0 Å². The number of nitrogens with two attached hydrogens (primary N) is 1. The largest absolute Gasteiger partial charge is 0.394 e. The third-order valence-electron chi connectivity index (χ3n) is 3.66. The molecule has 4 heteroatoms. The number of rotatable bonds is 4. The highest BCUT2D eigenvalue weighted by molar-refractivity contribution is 5.67. The highest BCUT2D eigenvalue weighted by Gasteiger charge is 2.19. The molecule has 0 bridgehead atoms. The van der Waals surface area contributed by atoms with E-state index in [0.717, 1.165) is 23.7 Å². The van der Waals surface area contributed by atoms with Crippen LogP contribution in [0.4, 0.5) is 11.5 Å². The summed E-state index contributed by atoms with van der Waals surface area (Å²) in [5, 5.41) is 4.54. The van der Waals surface area contributed by atoms with Crippen molar-refractivity contribution >= 4 is 11.5 Å². The van der Waals surface area contributed by atoms with Gasteiger partial charge >= 0.3 is 0 Å². The lowest BCUT2D eigenvalue weighted by atomic mass is 10.1. The molecule has 0 atom stereocenters. The van der Waals surface area contributed by atoms with Crippen LogP contribution in [0, 0.1) is 6.92 Å². The number of benzene rings is 1. The number of nitrogen functional groups attached to an aromatic ring is 1. The van der Waals surface area contributed by atoms with Crippen LogP contribution in [0.15, 0.2) is 24.3 Å². The molecule has 0 fully saturated rings. The van der Waals surface area contributed by atoms with Crippen LogP contribution >= 0.6 is 0 Å². The summed E-state index contributed by atoms with van der Waals surface area (Å²) in [5.74, 6) is 1.32. The zero-order valence-corrected chi connectivity index (χ0v) is 13.0. The van der Waals surface area contributed by atoms with Crippen LogP contribution in [0.1, 0.15) is 36.6 Å². The highest BCUT2D eigenvalue weighted by atomic mass is 15.4. The summed E-state index contributed by atoms with van der Waals surface area (Å²) in [7, 11) is 4.01. The third kappa shape index (κ3) is 2.64. The number of aromatic nitrogens is 2. The van der Waals surface area contributed by atoms with Gasteiger partial charge in [0, 0.05) is 20.6 Å².